The Morgan fingerprint density at radius 2 is 1.71 bits per heavy atom. The number of rotatable bonds is 13. The minimum absolute atomic E-state index is 0.0162. The van der Waals surface area contributed by atoms with Crippen LogP contribution < -0.4 is 14.4 Å². The monoisotopic (exact) mass is 557 g/mol. The molecule has 3 aromatic carbocycles. The number of nitrogens with zero attached hydrogens (tertiary/aromatic N) is 3. The molecule has 2 aliphatic rings. The lowest BCUT2D eigenvalue weighted by atomic mass is 9.98. The normalized spacial score (nSPS) is 18.2. The topological polar surface area (TPSA) is 54.5 Å². The molecule has 0 N–H and O–H groups in total. The highest BCUT2D eigenvalue weighted by atomic mass is 16.5. The average molecular weight is 558 g/mol. The Labute approximate surface area is 244 Å². The Hall–Kier alpha value is -3.39. The SMILES string of the molecule is CCN1CCN(c2cccc3c2CN([C@H](CCCOCc2ccccc2)c2ccc(OC)c(OC)c2)C3C=O)CC1. The van der Waals surface area contributed by atoms with Crippen LogP contribution in [0.15, 0.2) is 66.7 Å². The zero-order chi connectivity index (χ0) is 28.6. The van der Waals surface area contributed by atoms with Crippen LogP contribution in [0.3, 0.4) is 0 Å². The van der Waals surface area contributed by atoms with Crippen molar-refractivity contribution in [2.75, 3.05) is 58.5 Å². The largest absolute Gasteiger partial charge is 0.493 e. The number of carbonyl (C=O) groups excluding carboxylic acids is 1. The summed E-state index contributed by atoms with van der Waals surface area (Å²) in [6.45, 7) is 9.44. The second-order valence-electron chi connectivity index (χ2n) is 10.8. The number of anilines is 1. The highest BCUT2D eigenvalue weighted by Crippen LogP contribution is 2.45. The maximum absolute atomic E-state index is 12.7. The maximum atomic E-state index is 12.7. The van der Waals surface area contributed by atoms with Crippen LogP contribution in [-0.4, -0.2) is 69.6 Å². The highest BCUT2D eigenvalue weighted by molar-refractivity contribution is 5.70. The van der Waals surface area contributed by atoms with E-state index in [0.29, 0.717) is 24.7 Å². The van der Waals surface area contributed by atoms with Crippen molar-refractivity contribution in [2.45, 2.75) is 45.0 Å². The number of carbonyl (C=O) groups is 1. The molecule has 5 rings (SSSR count). The third-order valence-electron chi connectivity index (χ3n) is 8.56. The first-order valence-corrected chi connectivity index (χ1v) is 14.8. The van der Waals surface area contributed by atoms with Gasteiger partial charge in [-0.05, 0) is 59.8 Å². The number of ether oxygens (including phenoxy) is 3. The zero-order valence-electron chi connectivity index (χ0n) is 24.6. The van der Waals surface area contributed by atoms with Crippen molar-refractivity contribution >= 4 is 12.0 Å². The molecule has 0 aromatic heterocycles. The van der Waals surface area contributed by atoms with E-state index < -0.39 is 0 Å². The van der Waals surface area contributed by atoms with Gasteiger partial charge in [0, 0.05) is 51.1 Å². The number of hydrogen-bond donors (Lipinski definition) is 0. The van der Waals surface area contributed by atoms with Crippen molar-refractivity contribution in [2.24, 2.45) is 0 Å². The third-order valence-corrected chi connectivity index (χ3v) is 8.56. The van der Waals surface area contributed by atoms with Crippen LogP contribution in [0.5, 0.6) is 11.5 Å². The summed E-state index contributed by atoms with van der Waals surface area (Å²) in [6.07, 6.45) is 2.84. The predicted molar refractivity (Wildman–Crippen MR) is 163 cm³/mol. The first-order chi connectivity index (χ1) is 20.2. The van der Waals surface area contributed by atoms with E-state index in [9.17, 15) is 4.79 Å². The van der Waals surface area contributed by atoms with Crippen molar-refractivity contribution in [1.82, 2.24) is 9.80 Å². The molecule has 0 spiro atoms. The summed E-state index contributed by atoms with van der Waals surface area (Å²) in [7, 11) is 3.32. The van der Waals surface area contributed by atoms with Gasteiger partial charge in [-0.15, -0.1) is 0 Å². The molecular weight excluding hydrogens is 514 g/mol. The summed E-state index contributed by atoms with van der Waals surface area (Å²) in [4.78, 5) is 20.1. The second-order valence-corrected chi connectivity index (χ2v) is 10.8. The Morgan fingerprint density at radius 3 is 2.41 bits per heavy atom. The minimum atomic E-state index is -0.301. The summed E-state index contributed by atoms with van der Waals surface area (Å²) in [6, 6.07) is 22.6. The fourth-order valence-corrected chi connectivity index (χ4v) is 6.28. The molecule has 1 saturated heterocycles. The Morgan fingerprint density at radius 1 is 0.927 bits per heavy atom. The smallest absolute Gasteiger partial charge is 0.161 e. The Balaban J connectivity index is 1.38. The van der Waals surface area contributed by atoms with Crippen LogP contribution in [0.25, 0.3) is 0 Å². The lowest BCUT2D eigenvalue weighted by Crippen LogP contribution is -2.46. The van der Waals surface area contributed by atoms with Gasteiger partial charge in [0.2, 0.25) is 0 Å². The van der Waals surface area contributed by atoms with Gasteiger partial charge >= 0.3 is 0 Å². The number of likely N-dealkylation sites (N-methyl/N-ethyl adjacent to an activating group) is 1. The number of benzene rings is 3. The molecule has 7 heteroatoms. The van der Waals surface area contributed by atoms with Gasteiger partial charge in [-0.3, -0.25) is 4.90 Å². The van der Waals surface area contributed by atoms with Gasteiger partial charge in [0.1, 0.15) is 6.29 Å². The van der Waals surface area contributed by atoms with E-state index in [1.165, 1.54) is 16.8 Å². The van der Waals surface area contributed by atoms with Gasteiger partial charge in [-0.1, -0.05) is 55.5 Å². The number of methoxy groups -OCH3 is 2. The van der Waals surface area contributed by atoms with Crippen LogP contribution in [0.4, 0.5) is 5.69 Å². The lowest BCUT2D eigenvalue weighted by Gasteiger charge is -2.36. The number of piperazine rings is 1. The van der Waals surface area contributed by atoms with Crippen LogP contribution in [0.1, 0.15) is 54.1 Å². The first-order valence-electron chi connectivity index (χ1n) is 14.8. The van der Waals surface area contributed by atoms with Crippen molar-refractivity contribution in [3.8, 4) is 11.5 Å². The minimum Gasteiger partial charge on any atom is -0.493 e. The molecule has 41 heavy (non-hydrogen) atoms. The zero-order valence-corrected chi connectivity index (χ0v) is 24.6. The average Bonchev–Trinajstić information content (AvgIpc) is 3.41. The van der Waals surface area contributed by atoms with Crippen LogP contribution in [0.2, 0.25) is 0 Å². The summed E-state index contributed by atoms with van der Waals surface area (Å²) < 4.78 is 17.2. The molecule has 2 atom stereocenters. The van der Waals surface area contributed by atoms with E-state index in [1.54, 1.807) is 14.2 Å². The van der Waals surface area contributed by atoms with Gasteiger partial charge in [-0.25, -0.2) is 0 Å². The molecule has 0 bridgehead atoms. The fourth-order valence-electron chi connectivity index (χ4n) is 6.28. The summed E-state index contributed by atoms with van der Waals surface area (Å²) >= 11 is 0. The molecular formula is C34H43N3O4. The Kier molecular flexibility index (Phi) is 9.93. The molecule has 1 fully saturated rings. The van der Waals surface area contributed by atoms with Crippen molar-refractivity contribution in [3.63, 3.8) is 0 Å². The van der Waals surface area contributed by atoms with Crippen molar-refractivity contribution in [1.29, 1.82) is 0 Å². The second kappa shape index (κ2) is 14.0. The summed E-state index contributed by atoms with van der Waals surface area (Å²) in [5, 5.41) is 0. The fraction of sp³-hybridized carbons (Fsp3) is 0.441. The summed E-state index contributed by atoms with van der Waals surface area (Å²) in [5.74, 6) is 1.40. The molecule has 3 aromatic rings. The van der Waals surface area contributed by atoms with Gasteiger partial charge in [-0.2, -0.15) is 0 Å². The van der Waals surface area contributed by atoms with E-state index in [-0.39, 0.29) is 12.1 Å². The van der Waals surface area contributed by atoms with E-state index in [0.717, 1.165) is 69.5 Å². The molecule has 7 nitrogen and oxygen atoms in total. The van der Waals surface area contributed by atoms with E-state index >= 15 is 0 Å². The predicted octanol–water partition coefficient (Wildman–Crippen LogP) is 5.64. The van der Waals surface area contributed by atoms with Gasteiger partial charge < -0.3 is 28.8 Å². The van der Waals surface area contributed by atoms with Crippen molar-refractivity contribution < 1.29 is 19.0 Å². The van der Waals surface area contributed by atoms with Gasteiger partial charge in [0.05, 0.1) is 26.9 Å². The lowest BCUT2D eigenvalue weighted by molar-refractivity contribution is -0.113. The van der Waals surface area contributed by atoms with Crippen LogP contribution in [-0.2, 0) is 22.7 Å². The molecule has 218 valence electrons. The van der Waals surface area contributed by atoms with Crippen LogP contribution >= 0.6 is 0 Å². The highest BCUT2D eigenvalue weighted by Gasteiger charge is 2.37. The molecule has 2 aliphatic heterocycles. The third kappa shape index (κ3) is 6.58. The molecule has 0 radical (unpaired) electrons. The van der Waals surface area contributed by atoms with E-state index in [4.69, 9.17) is 14.2 Å². The Bertz CT molecular complexity index is 1280. The maximum Gasteiger partial charge on any atom is 0.161 e. The molecule has 0 amide bonds. The van der Waals surface area contributed by atoms with Crippen molar-refractivity contribution in [3.05, 3.63) is 89.0 Å². The van der Waals surface area contributed by atoms with Gasteiger partial charge in [0.15, 0.2) is 11.5 Å². The van der Waals surface area contributed by atoms with Gasteiger partial charge in [0.25, 0.3) is 0 Å². The number of aldehydes is 1. The van der Waals surface area contributed by atoms with Crippen LogP contribution in [0, 0.1) is 0 Å². The first kappa shape index (κ1) is 29.1. The standard InChI is InChI=1S/C34H43N3O4/c1-4-35-17-19-36(20-18-35)31-13-8-12-28-29(31)23-37(32(28)24-38)30(27-15-16-33(39-2)34(22-27)40-3)14-9-21-41-25-26-10-6-5-7-11-26/h5-8,10-13,15-16,22,24,30,32H,4,9,14,17-21,23,25H2,1-3H3/t30-,32?/m1/s1. The number of fused-ring (bicyclic) bond motifs is 1. The summed E-state index contributed by atoms with van der Waals surface area (Å²) in [5.41, 5.74) is 5.96. The molecule has 0 aliphatic carbocycles. The van der Waals surface area contributed by atoms with E-state index in [2.05, 4.69) is 64.1 Å². The molecule has 0 saturated carbocycles. The van der Waals surface area contributed by atoms with E-state index in [1.807, 2.05) is 24.3 Å². The number of hydrogen-bond acceptors (Lipinski definition) is 7. The molecule has 1 unspecified atom stereocenters. The molecule has 2 heterocycles. The quantitative estimate of drug-likeness (QED) is 0.199.